The van der Waals surface area contributed by atoms with Crippen LogP contribution in [0.3, 0.4) is 0 Å². The third-order valence-corrected chi connectivity index (χ3v) is 8.52. The lowest BCUT2D eigenvalue weighted by Gasteiger charge is -2.40. The number of nitrogens with zero attached hydrogens (tertiary/aromatic N) is 6. The lowest BCUT2D eigenvalue weighted by molar-refractivity contribution is 0.174. The second kappa shape index (κ2) is 9.84. The summed E-state index contributed by atoms with van der Waals surface area (Å²) < 4.78 is 13.1. The Kier molecular flexibility index (Phi) is 6.16. The molecule has 202 valence electrons. The summed E-state index contributed by atoms with van der Waals surface area (Å²) in [5.41, 5.74) is 3.53. The fourth-order valence-electron chi connectivity index (χ4n) is 6.25. The number of fused-ring (bicyclic) bond motifs is 2. The summed E-state index contributed by atoms with van der Waals surface area (Å²) in [5, 5.41) is 14.7. The number of tetrazole rings is 1. The molecule has 11 heteroatoms. The maximum Gasteiger partial charge on any atom is 0.253 e. The fraction of sp³-hybridized carbons (Fsp3) is 0.429. The second-order valence-electron chi connectivity index (χ2n) is 10.6. The molecule has 1 saturated heterocycles. The van der Waals surface area contributed by atoms with Gasteiger partial charge in [0.15, 0.2) is 17.3 Å². The monoisotopic (exact) mass is 547 g/mol. The van der Waals surface area contributed by atoms with E-state index in [0.717, 1.165) is 73.8 Å². The first-order valence-electron chi connectivity index (χ1n) is 13.5. The Morgan fingerprint density at radius 2 is 1.79 bits per heavy atom. The first kappa shape index (κ1) is 24.4. The Bertz CT molecular complexity index is 1590. The third-order valence-electron chi connectivity index (χ3n) is 8.29. The predicted octanol–water partition coefficient (Wildman–Crippen LogP) is 4.23. The molecule has 4 heterocycles. The molecule has 2 aliphatic heterocycles. The molecular weight excluding hydrogens is 518 g/mol. The van der Waals surface area contributed by atoms with Crippen molar-refractivity contribution in [1.29, 1.82) is 0 Å². The minimum absolute atomic E-state index is 0.152. The highest BCUT2D eigenvalue weighted by Crippen LogP contribution is 2.38. The van der Waals surface area contributed by atoms with Crippen LogP contribution in [0, 0.1) is 6.92 Å². The number of anilines is 1. The highest BCUT2D eigenvalue weighted by atomic mass is 35.5. The normalized spacial score (nSPS) is 18.8. The highest BCUT2D eigenvalue weighted by molar-refractivity contribution is 6.30. The molecule has 2 aromatic carbocycles. The number of nitrogens with one attached hydrogen (secondary N) is 1. The Balaban J connectivity index is 1.28. The van der Waals surface area contributed by atoms with E-state index < -0.39 is 0 Å². The number of aryl methyl sites for hydroxylation is 1. The zero-order chi connectivity index (χ0) is 26.5. The molecule has 3 aliphatic rings. The molecule has 39 heavy (non-hydrogen) atoms. The van der Waals surface area contributed by atoms with Gasteiger partial charge in [-0.05, 0) is 60.0 Å². The molecule has 0 spiro atoms. The first-order chi connectivity index (χ1) is 19.0. The van der Waals surface area contributed by atoms with E-state index in [1.54, 1.807) is 0 Å². The zero-order valence-electron chi connectivity index (χ0n) is 21.8. The van der Waals surface area contributed by atoms with Crippen LogP contribution in [0.25, 0.3) is 10.9 Å². The van der Waals surface area contributed by atoms with E-state index in [9.17, 15) is 4.79 Å². The summed E-state index contributed by atoms with van der Waals surface area (Å²) in [6.07, 6.45) is 4.42. The van der Waals surface area contributed by atoms with Crippen LogP contribution in [0.15, 0.2) is 41.2 Å². The van der Waals surface area contributed by atoms with Gasteiger partial charge in [0, 0.05) is 53.9 Å². The molecule has 10 nitrogen and oxygen atoms in total. The van der Waals surface area contributed by atoms with E-state index in [2.05, 4.69) is 43.3 Å². The number of pyridine rings is 1. The number of aromatic amines is 1. The minimum Gasteiger partial charge on any atom is -0.454 e. The standard InChI is InChI=1S/C28H30ClN7O3/c1-17-6-7-19(29)14-23(17)34-8-10-35(11-9-34)26(27-31-32-33-36(27)20-4-2-3-5-20)21-12-18-13-24-25(39-16-38-24)15-22(18)30-28(21)37/h6-7,12-15,20,26H,2-5,8-11,16H2,1H3,(H,30,37)/t26-/m0/s1. The van der Waals surface area contributed by atoms with Gasteiger partial charge in [-0.3, -0.25) is 9.69 Å². The SMILES string of the molecule is Cc1ccc(Cl)cc1N1CCN([C@@H](c2cc3cc4c(cc3[nH]c2=O)OCO4)c2nnnn2C2CCCC2)CC1. The molecule has 1 saturated carbocycles. The molecule has 1 N–H and O–H groups in total. The molecular formula is C28H30ClN7O3. The molecule has 4 aromatic rings. The van der Waals surface area contributed by atoms with Crippen molar-refractivity contribution in [1.82, 2.24) is 30.1 Å². The van der Waals surface area contributed by atoms with Crippen LogP contribution in [0.5, 0.6) is 11.5 Å². The summed E-state index contributed by atoms with van der Waals surface area (Å²) in [6, 6.07) is 11.6. The molecule has 1 aliphatic carbocycles. The first-order valence-corrected chi connectivity index (χ1v) is 13.9. The van der Waals surface area contributed by atoms with Crippen LogP contribution in [-0.2, 0) is 0 Å². The van der Waals surface area contributed by atoms with Crippen LogP contribution in [-0.4, -0.2) is 63.1 Å². The summed E-state index contributed by atoms with van der Waals surface area (Å²) in [6.45, 7) is 5.37. The molecule has 0 bridgehead atoms. The van der Waals surface area contributed by atoms with Crippen LogP contribution in [0.1, 0.15) is 54.7 Å². The van der Waals surface area contributed by atoms with Crippen LogP contribution in [0.4, 0.5) is 5.69 Å². The molecule has 7 rings (SSSR count). The number of halogens is 1. The number of aromatic nitrogens is 5. The maximum absolute atomic E-state index is 13.7. The van der Waals surface area contributed by atoms with E-state index in [1.807, 2.05) is 35.0 Å². The summed E-state index contributed by atoms with van der Waals surface area (Å²) in [7, 11) is 0. The van der Waals surface area contributed by atoms with Crippen molar-refractivity contribution in [3.8, 4) is 11.5 Å². The molecule has 2 aromatic heterocycles. The number of benzene rings is 2. The van der Waals surface area contributed by atoms with Gasteiger partial charge >= 0.3 is 0 Å². The van der Waals surface area contributed by atoms with E-state index in [-0.39, 0.29) is 24.4 Å². The van der Waals surface area contributed by atoms with E-state index >= 15 is 0 Å². The Morgan fingerprint density at radius 1 is 1.03 bits per heavy atom. The lowest BCUT2D eigenvalue weighted by Crippen LogP contribution is -2.49. The molecule has 2 fully saturated rings. The topological polar surface area (TPSA) is 101 Å². The van der Waals surface area contributed by atoms with Gasteiger partial charge in [-0.2, -0.15) is 0 Å². The Hall–Kier alpha value is -3.63. The molecule has 0 radical (unpaired) electrons. The average molecular weight is 548 g/mol. The number of hydrogen-bond donors (Lipinski definition) is 1. The van der Waals surface area contributed by atoms with Gasteiger partial charge in [0.2, 0.25) is 6.79 Å². The third kappa shape index (κ3) is 4.41. The van der Waals surface area contributed by atoms with E-state index in [0.29, 0.717) is 22.6 Å². The van der Waals surface area contributed by atoms with Gasteiger partial charge in [-0.25, -0.2) is 4.68 Å². The quantitative estimate of drug-likeness (QED) is 0.396. The molecule has 0 amide bonds. The summed E-state index contributed by atoms with van der Waals surface area (Å²) >= 11 is 6.33. The second-order valence-corrected chi connectivity index (χ2v) is 11.1. The number of ether oxygens (including phenoxy) is 2. The predicted molar refractivity (Wildman–Crippen MR) is 148 cm³/mol. The lowest BCUT2D eigenvalue weighted by atomic mass is 10.0. The number of H-pyrrole nitrogens is 1. The summed E-state index contributed by atoms with van der Waals surface area (Å²) in [4.78, 5) is 21.4. The van der Waals surface area contributed by atoms with Gasteiger partial charge < -0.3 is 19.4 Å². The van der Waals surface area contributed by atoms with Gasteiger partial charge in [0.05, 0.1) is 11.6 Å². The van der Waals surface area contributed by atoms with Gasteiger partial charge in [0.25, 0.3) is 5.56 Å². The van der Waals surface area contributed by atoms with Crippen LogP contribution in [0.2, 0.25) is 5.02 Å². The van der Waals surface area contributed by atoms with E-state index in [1.165, 1.54) is 5.56 Å². The average Bonchev–Trinajstić information content (AvgIpc) is 3.72. The zero-order valence-corrected chi connectivity index (χ0v) is 22.5. The summed E-state index contributed by atoms with van der Waals surface area (Å²) in [5.74, 6) is 2.04. The van der Waals surface area contributed by atoms with Gasteiger partial charge in [-0.1, -0.05) is 30.5 Å². The van der Waals surface area contributed by atoms with Gasteiger partial charge in [0.1, 0.15) is 6.04 Å². The van der Waals surface area contributed by atoms with Crippen molar-refractivity contribution in [2.45, 2.75) is 44.7 Å². The number of rotatable bonds is 5. The Morgan fingerprint density at radius 3 is 2.59 bits per heavy atom. The molecule has 0 unspecified atom stereocenters. The van der Waals surface area contributed by atoms with Crippen molar-refractivity contribution in [3.05, 3.63) is 68.7 Å². The number of piperazine rings is 1. The van der Waals surface area contributed by atoms with Gasteiger partial charge in [-0.15, -0.1) is 5.10 Å². The van der Waals surface area contributed by atoms with Crippen molar-refractivity contribution in [3.63, 3.8) is 0 Å². The Labute approximate surface area is 230 Å². The van der Waals surface area contributed by atoms with Crippen LogP contribution < -0.4 is 19.9 Å². The number of hydrogen-bond acceptors (Lipinski definition) is 8. The van der Waals surface area contributed by atoms with Crippen molar-refractivity contribution in [2.75, 3.05) is 37.9 Å². The van der Waals surface area contributed by atoms with E-state index in [4.69, 9.17) is 21.1 Å². The smallest absolute Gasteiger partial charge is 0.253 e. The fourth-order valence-corrected chi connectivity index (χ4v) is 6.42. The van der Waals surface area contributed by atoms with Crippen molar-refractivity contribution in [2.24, 2.45) is 0 Å². The van der Waals surface area contributed by atoms with Crippen LogP contribution >= 0.6 is 11.6 Å². The maximum atomic E-state index is 13.7. The minimum atomic E-state index is -0.387. The van der Waals surface area contributed by atoms with Crippen molar-refractivity contribution < 1.29 is 9.47 Å². The van der Waals surface area contributed by atoms with Crippen molar-refractivity contribution >= 4 is 28.2 Å². The highest BCUT2D eigenvalue weighted by Gasteiger charge is 2.35. The largest absolute Gasteiger partial charge is 0.454 e. The molecule has 1 atom stereocenters.